The van der Waals surface area contributed by atoms with Gasteiger partial charge in [-0.05, 0) is 60.9 Å². The van der Waals surface area contributed by atoms with Crippen molar-refractivity contribution in [1.29, 1.82) is 0 Å². The highest BCUT2D eigenvalue weighted by atomic mass is 79.9. The average Bonchev–Trinajstić information content (AvgIpc) is 2.99. The number of pyridine rings is 1. The fourth-order valence-electron chi connectivity index (χ4n) is 4.41. The van der Waals surface area contributed by atoms with Crippen molar-refractivity contribution < 1.29 is 15.0 Å². The number of anilines is 1. The van der Waals surface area contributed by atoms with E-state index >= 15 is 0 Å². The molecule has 0 radical (unpaired) electrons. The molecular weight excluding hydrogens is 372 g/mol. The summed E-state index contributed by atoms with van der Waals surface area (Å²) in [6.45, 7) is 5.48. The Bertz CT molecular complexity index is 646. The molecule has 1 aromatic heterocycles. The van der Waals surface area contributed by atoms with Gasteiger partial charge in [-0.3, -0.25) is 4.98 Å². The molecule has 1 aromatic rings. The van der Waals surface area contributed by atoms with Gasteiger partial charge < -0.3 is 15.1 Å². The Kier molecular flexibility index (Phi) is 4.89. The van der Waals surface area contributed by atoms with Gasteiger partial charge in [-0.25, -0.2) is 4.79 Å². The minimum atomic E-state index is -1.55. The van der Waals surface area contributed by atoms with Gasteiger partial charge in [-0.15, -0.1) is 0 Å². The third-order valence-corrected chi connectivity index (χ3v) is 6.77. The zero-order chi connectivity index (χ0) is 17.5. The lowest BCUT2D eigenvalue weighted by atomic mass is 9.77. The van der Waals surface area contributed by atoms with Crippen molar-refractivity contribution in [2.45, 2.75) is 58.5 Å². The summed E-state index contributed by atoms with van der Waals surface area (Å²) in [4.78, 5) is 18.0. The van der Waals surface area contributed by atoms with Crippen molar-refractivity contribution in [3.05, 3.63) is 21.4 Å². The van der Waals surface area contributed by atoms with E-state index in [0.29, 0.717) is 16.7 Å². The fraction of sp³-hybridized carbons (Fsp3) is 0.667. The minimum Gasteiger partial charge on any atom is -0.479 e. The van der Waals surface area contributed by atoms with Crippen molar-refractivity contribution in [1.82, 2.24) is 4.98 Å². The second-order valence-electron chi connectivity index (χ2n) is 7.29. The Balaban J connectivity index is 1.96. The van der Waals surface area contributed by atoms with Gasteiger partial charge in [0.25, 0.3) is 0 Å². The van der Waals surface area contributed by atoms with E-state index in [0.717, 1.165) is 41.8 Å². The van der Waals surface area contributed by atoms with Crippen LogP contribution in [0.2, 0.25) is 0 Å². The lowest BCUT2D eigenvalue weighted by Gasteiger charge is -2.42. The van der Waals surface area contributed by atoms with Crippen LogP contribution in [0.3, 0.4) is 0 Å². The van der Waals surface area contributed by atoms with E-state index in [4.69, 9.17) is 0 Å². The summed E-state index contributed by atoms with van der Waals surface area (Å²) in [5.74, 6) is -1.24. The predicted molar refractivity (Wildman–Crippen MR) is 96.4 cm³/mol. The first kappa shape index (κ1) is 17.7. The number of aliphatic carboxylic acids is 1. The smallest absolute Gasteiger partial charge is 0.337 e. The third kappa shape index (κ3) is 3.06. The quantitative estimate of drug-likeness (QED) is 0.813. The van der Waals surface area contributed by atoms with Crippen molar-refractivity contribution >= 4 is 27.6 Å². The highest BCUT2D eigenvalue weighted by Crippen LogP contribution is 2.48. The number of nitrogens with zero attached hydrogens (tertiary/aromatic N) is 2. The second-order valence-corrected chi connectivity index (χ2v) is 8.09. The van der Waals surface area contributed by atoms with Crippen molar-refractivity contribution in [3.8, 4) is 0 Å². The molecule has 2 aliphatic rings. The number of carboxylic acids is 1. The summed E-state index contributed by atoms with van der Waals surface area (Å²) in [5.41, 5.74) is 3.13. The summed E-state index contributed by atoms with van der Waals surface area (Å²) < 4.78 is 0.797. The molecule has 0 aromatic carbocycles. The molecule has 24 heavy (non-hydrogen) atoms. The normalized spacial score (nSPS) is 21.2. The number of hydrogen-bond donors (Lipinski definition) is 2. The average molecular weight is 397 g/mol. The summed E-state index contributed by atoms with van der Waals surface area (Å²) in [6.07, 6.45) is 6.04. The van der Waals surface area contributed by atoms with Crippen LogP contribution >= 0.6 is 15.9 Å². The summed E-state index contributed by atoms with van der Waals surface area (Å²) in [5, 5.41) is 19.5. The second kappa shape index (κ2) is 6.64. The van der Waals surface area contributed by atoms with E-state index in [1.54, 1.807) is 6.92 Å². The number of piperidine rings is 1. The van der Waals surface area contributed by atoms with Gasteiger partial charge in [0.1, 0.15) is 0 Å². The van der Waals surface area contributed by atoms with E-state index in [9.17, 15) is 15.0 Å². The van der Waals surface area contributed by atoms with E-state index in [-0.39, 0.29) is 0 Å². The Hall–Kier alpha value is -1.14. The molecule has 0 amide bonds. The molecule has 2 N–H and O–H groups in total. The molecule has 1 saturated heterocycles. The van der Waals surface area contributed by atoms with Gasteiger partial charge in [0.2, 0.25) is 0 Å². The topological polar surface area (TPSA) is 73.7 Å². The molecule has 1 atom stereocenters. The molecule has 1 aliphatic carbocycles. The van der Waals surface area contributed by atoms with Crippen molar-refractivity contribution in [2.75, 3.05) is 18.0 Å². The molecule has 1 aliphatic heterocycles. The number of aliphatic hydroxyl groups excluding tert-OH is 1. The van der Waals surface area contributed by atoms with Gasteiger partial charge in [0.15, 0.2) is 6.10 Å². The van der Waals surface area contributed by atoms with E-state index in [2.05, 4.69) is 25.8 Å². The molecule has 2 fully saturated rings. The van der Waals surface area contributed by atoms with Gasteiger partial charge in [0, 0.05) is 24.3 Å². The summed E-state index contributed by atoms with van der Waals surface area (Å²) >= 11 is 3.58. The fourth-order valence-corrected chi connectivity index (χ4v) is 4.96. The molecule has 2 heterocycles. The third-order valence-electron chi connectivity index (χ3n) is 5.82. The maximum absolute atomic E-state index is 11.4. The first-order chi connectivity index (χ1) is 11.3. The van der Waals surface area contributed by atoms with Crippen LogP contribution in [0.15, 0.2) is 4.47 Å². The number of carboxylic acid groups (broad SMARTS) is 1. The van der Waals surface area contributed by atoms with Crippen LogP contribution in [0, 0.1) is 19.3 Å². The predicted octanol–water partition coefficient (Wildman–Crippen LogP) is 3.74. The van der Waals surface area contributed by atoms with Gasteiger partial charge >= 0.3 is 5.97 Å². The van der Waals surface area contributed by atoms with E-state index in [1.165, 1.54) is 25.7 Å². The summed E-state index contributed by atoms with van der Waals surface area (Å²) in [6, 6.07) is 0. The molecule has 5 nitrogen and oxygen atoms in total. The van der Waals surface area contributed by atoms with Gasteiger partial charge in [0.05, 0.1) is 15.9 Å². The summed E-state index contributed by atoms with van der Waals surface area (Å²) in [7, 11) is 0. The van der Waals surface area contributed by atoms with Crippen LogP contribution in [0.25, 0.3) is 0 Å². The van der Waals surface area contributed by atoms with Crippen LogP contribution in [0.1, 0.15) is 61.6 Å². The molecule has 132 valence electrons. The monoisotopic (exact) mass is 396 g/mol. The van der Waals surface area contributed by atoms with Crippen LogP contribution in [0.5, 0.6) is 0 Å². The van der Waals surface area contributed by atoms with Gasteiger partial charge in [-0.2, -0.15) is 0 Å². The minimum absolute atomic E-state index is 0.419. The molecule has 1 saturated carbocycles. The Labute approximate surface area is 151 Å². The molecule has 1 spiro atoms. The maximum atomic E-state index is 11.4. The molecule has 3 rings (SSSR count). The lowest BCUT2D eigenvalue weighted by Crippen LogP contribution is -2.40. The molecule has 6 heteroatoms. The highest BCUT2D eigenvalue weighted by Gasteiger charge is 2.38. The van der Waals surface area contributed by atoms with Crippen molar-refractivity contribution in [3.63, 3.8) is 0 Å². The number of halogens is 1. The van der Waals surface area contributed by atoms with E-state index < -0.39 is 12.1 Å². The van der Waals surface area contributed by atoms with Gasteiger partial charge in [-0.1, -0.05) is 12.8 Å². The SMILES string of the molecule is Cc1nc(C)c([C@H](O)C(=O)O)c(N2CCC3(CCCC3)CC2)c1Br. The first-order valence-corrected chi connectivity index (χ1v) is 9.46. The van der Waals surface area contributed by atoms with Crippen LogP contribution in [0.4, 0.5) is 5.69 Å². The van der Waals surface area contributed by atoms with Crippen LogP contribution < -0.4 is 4.90 Å². The number of hydrogen-bond acceptors (Lipinski definition) is 4. The standard InChI is InChI=1S/C18H25BrN2O3/c1-11-13(16(22)17(23)24)15(14(19)12(2)20-11)21-9-7-18(8-10-21)5-3-4-6-18/h16,22H,3-10H2,1-2H3,(H,23,24)/t16-/m0/s1. The van der Waals surface area contributed by atoms with E-state index in [1.807, 2.05) is 6.92 Å². The Morgan fingerprint density at radius 3 is 2.29 bits per heavy atom. The lowest BCUT2D eigenvalue weighted by molar-refractivity contribution is -0.147. The maximum Gasteiger partial charge on any atom is 0.337 e. The van der Waals surface area contributed by atoms with Crippen molar-refractivity contribution in [2.24, 2.45) is 5.41 Å². The Morgan fingerprint density at radius 2 is 1.75 bits per heavy atom. The number of aromatic nitrogens is 1. The molecule has 0 bridgehead atoms. The number of carbonyl (C=O) groups is 1. The Morgan fingerprint density at radius 1 is 1.17 bits per heavy atom. The first-order valence-electron chi connectivity index (χ1n) is 8.67. The molecular formula is C18H25BrN2O3. The van der Waals surface area contributed by atoms with Crippen LogP contribution in [-0.2, 0) is 4.79 Å². The number of aryl methyl sites for hydroxylation is 2. The zero-order valence-electron chi connectivity index (χ0n) is 14.3. The van der Waals surface area contributed by atoms with Crippen LogP contribution in [-0.4, -0.2) is 34.3 Å². The molecule has 0 unspecified atom stereocenters. The largest absolute Gasteiger partial charge is 0.479 e. The highest BCUT2D eigenvalue weighted by molar-refractivity contribution is 9.10. The number of rotatable bonds is 3. The number of aliphatic hydroxyl groups is 1. The zero-order valence-corrected chi connectivity index (χ0v) is 15.9.